The van der Waals surface area contributed by atoms with Gasteiger partial charge in [-0.25, -0.2) is 19.3 Å². The lowest BCUT2D eigenvalue weighted by atomic mass is 10.1. The maximum Gasteiger partial charge on any atom is 0.412 e. The van der Waals surface area contributed by atoms with Gasteiger partial charge in [-0.2, -0.15) is 0 Å². The van der Waals surface area contributed by atoms with Crippen LogP contribution in [-0.2, 0) is 16.0 Å². The van der Waals surface area contributed by atoms with Crippen LogP contribution in [0.5, 0.6) is 0 Å². The number of rotatable bonds is 7. The fourth-order valence-corrected chi connectivity index (χ4v) is 3.67. The molecule has 10 nitrogen and oxygen atoms in total. The first-order valence-corrected chi connectivity index (χ1v) is 11.0. The highest BCUT2D eigenvalue weighted by Gasteiger charge is 2.21. The SMILES string of the molecule is COC(=O)c1ncn(Cc2ccc(-c3onc(C)c3NC(=O)OC(C)c3ccccc3Cl)cc2)n1. The van der Waals surface area contributed by atoms with Crippen molar-refractivity contribution in [3.63, 3.8) is 0 Å². The van der Waals surface area contributed by atoms with Crippen molar-refractivity contribution in [1.29, 1.82) is 0 Å². The van der Waals surface area contributed by atoms with Crippen LogP contribution >= 0.6 is 11.6 Å². The molecule has 180 valence electrons. The number of amides is 1. The molecule has 1 unspecified atom stereocenters. The Bertz CT molecular complexity index is 1350. The second-order valence-electron chi connectivity index (χ2n) is 7.62. The number of benzene rings is 2. The third-order valence-corrected chi connectivity index (χ3v) is 5.53. The molecule has 1 amide bonds. The van der Waals surface area contributed by atoms with E-state index in [1.165, 1.54) is 18.1 Å². The third-order valence-electron chi connectivity index (χ3n) is 5.18. The highest BCUT2D eigenvalue weighted by atomic mass is 35.5. The molecule has 4 aromatic rings. The van der Waals surface area contributed by atoms with Crippen molar-refractivity contribution in [2.45, 2.75) is 26.5 Å². The molecule has 1 N–H and O–H groups in total. The zero-order valence-corrected chi connectivity index (χ0v) is 19.9. The van der Waals surface area contributed by atoms with Crippen LogP contribution in [-0.4, -0.2) is 39.1 Å². The molecule has 0 radical (unpaired) electrons. The van der Waals surface area contributed by atoms with Crippen molar-refractivity contribution in [2.24, 2.45) is 0 Å². The van der Waals surface area contributed by atoms with Crippen molar-refractivity contribution < 1.29 is 23.6 Å². The van der Waals surface area contributed by atoms with E-state index in [-0.39, 0.29) is 5.82 Å². The van der Waals surface area contributed by atoms with Gasteiger partial charge < -0.3 is 14.0 Å². The molecule has 1 atom stereocenters. The molecule has 11 heteroatoms. The number of anilines is 1. The Hall–Kier alpha value is -4.18. The van der Waals surface area contributed by atoms with Crippen LogP contribution in [0.25, 0.3) is 11.3 Å². The molecule has 0 fully saturated rings. The molecule has 0 saturated carbocycles. The summed E-state index contributed by atoms with van der Waals surface area (Å²) in [7, 11) is 1.27. The van der Waals surface area contributed by atoms with Crippen LogP contribution < -0.4 is 5.32 Å². The van der Waals surface area contributed by atoms with E-state index in [2.05, 4.69) is 25.3 Å². The summed E-state index contributed by atoms with van der Waals surface area (Å²) in [5.41, 5.74) is 3.23. The molecule has 0 bridgehead atoms. The summed E-state index contributed by atoms with van der Waals surface area (Å²) in [5.74, 6) is -0.211. The molecule has 0 aliphatic carbocycles. The highest BCUT2D eigenvalue weighted by molar-refractivity contribution is 6.31. The fourth-order valence-electron chi connectivity index (χ4n) is 3.38. The normalized spacial score (nSPS) is 11.7. The first-order valence-electron chi connectivity index (χ1n) is 10.6. The number of hydrogen-bond donors (Lipinski definition) is 1. The number of halogens is 1. The maximum absolute atomic E-state index is 12.6. The van der Waals surface area contributed by atoms with Gasteiger partial charge in [0.2, 0.25) is 0 Å². The monoisotopic (exact) mass is 495 g/mol. The molecule has 35 heavy (non-hydrogen) atoms. The molecule has 4 rings (SSSR count). The minimum absolute atomic E-state index is 0.00675. The number of nitrogens with zero attached hydrogens (tertiary/aromatic N) is 4. The van der Waals surface area contributed by atoms with Crippen molar-refractivity contribution in [1.82, 2.24) is 19.9 Å². The van der Waals surface area contributed by atoms with Crippen LogP contribution in [0.15, 0.2) is 59.4 Å². The summed E-state index contributed by atoms with van der Waals surface area (Å²) in [4.78, 5) is 28.0. The zero-order valence-electron chi connectivity index (χ0n) is 19.2. The van der Waals surface area contributed by atoms with Crippen LogP contribution in [0.1, 0.15) is 40.5 Å². The molecule has 0 spiro atoms. The summed E-state index contributed by atoms with van der Waals surface area (Å²) in [6.45, 7) is 3.86. The Kier molecular flexibility index (Phi) is 7.11. The summed E-state index contributed by atoms with van der Waals surface area (Å²) < 4.78 is 17.1. The summed E-state index contributed by atoms with van der Waals surface area (Å²) in [5, 5.41) is 11.3. The first kappa shape index (κ1) is 24.0. The molecule has 2 aromatic carbocycles. The van der Waals surface area contributed by atoms with Gasteiger partial charge in [0.25, 0.3) is 5.82 Å². The lowest BCUT2D eigenvalue weighted by Gasteiger charge is -2.15. The van der Waals surface area contributed by atoms with Crippen LogP contribution in [0.3, 0.4) is 0 Å². The standard InChI is InChI=1S/C24H22ClN5O5/c1-14-20(27-24(32)34-15(2)18-6-4-5-7-19(18)25)21(35-29-14)17-10-8-16(9-11-17)12-30-13-26-22(28-30)23(31)33-3/h4-11,13,15H,12H2,1-3H3,(H,27,32). The van der Waals surface area contributed by atoms with E-state index in [0.29, 0.717) is 39.8 Å². The molecule has 0 saturated heterocycles. The molecular weight excluding hydrogens is 474 g/mol. The van der Waals surface area contributed by atoms with E-state index in [0.717, 1.165) is 5.56 Å². The molecule has 2 heterocycles. The van der Waals surface area contributed by atoms with Crippen LogP contribution in [0.2, 0.25) is 5.02 Å². The van der Waals surface area contributed by atoms with Gasteiger partial charge in [-0.15, -0.1) is 5.10 Å². The summed E-state index contributed by atoms with van der Waals surface area (Å²) in [6.07, 6.45) is 0.245. The second kappa shape index (κ2) is 10.4. The van der Waals surface area contributed by atoms with Gasteiger partial charge in [-0.1, -0.05) is 59.2 Å². The quantitative estimate of drug-likeness (QED) is 0.354. The number of carbonyl (C=O) groups is 2. The van der Waals surface area contributed by atoms with Gasteiger partial charge in [0.05, 0.1) is 13.7 Å². The van der Waals surface area contributed by atoms with E-state index in [1.807, 2.05) is 36.4 Å². The number of nitrogens with one attached hydrogen (secondary N) is 1. The van der Waals surface area contributed by atoms with Gasteiger partial charge in [0.15, 0.2) is 5.76 Å². The predicted octanol–water partition coefficient (Wildman–Crippen LogP) is 5.04. The van der Waals surface area contributed by atoms with Gasteiger partial charge in [-0.05, 0) is 25.5 Å². The first-order chi connectivity index (χ1) is 16.9. The number of carbonyl (C=O) groups excluding carboxylic acids is 2. The van der Waals surface area contributed by atoms with Crippen LogP contribution in [0, 0.1) is 6.92 Å². The van der Waals surface area contributed by atoms with Crippen molar-refractivity contribution in [2.75, 3.05) is 12.4 Å². The molecule has 0 aliphatic heterocycles. The lowest BCUT2D eigenvalue weighted by molar-refractivity contribution is 0.0586. The number of methoxy groups -OCH3 is 1. The number of hydrogen-bond acceptors (Lipinski definition) is 8. The lowest BCUT2D eigenvalue weighted by Crippen LogP contribution is -2.17. The predicted molar refractivity (Wildman–Crippen MR) is 127 cm³/mol. The van der Waals surface area contributed by atoms with E-state index < -0.39 is 18.2 Å². The average Bonchev–Trinajstić information content (AvgIpc) is 3.46. The highest BCUT2D eigenvalue weighted by Crippen LogP contribution is 2.32. The number of esters is 1. The van der Waals surface area contributed by atoms with E-state index >= 15 is 0 Å². The second-order valence-corrected chi connectivity index (χ2v) is 8.03. The van der Waals surface area contributed by atoms with E-state index in [4.69, 9.17) is 20.9 Å². The Morgan fingerprint density at radius 1 is 1.17 bits per heavy atom. The number of aryl methyl sites for hydroxylation is 1. The Morgan fingerprint density at radius 3 is 2.63 bits per heavy atom. The van der Waals surface area contributed by atoms with Gasteiger partial charge in [0.1, 0.15) is 23.8 Å². The topological polar surface area (TPSA) is 121 Å². The smallest absolute Gasteiger partial charge is 0.412 e. The summed E-state index contributed by atoms with van der Waals surface area (Å²) in [6, 6.07) is 14.6. The average molecular weight is 496 g/mol. The van der Waals surface area contributed by atoms with Crippen LogP contribution in [0.4, 0.5) is 10.5 Å². The molecule has 0 aliphatic rings. The number of ether oxygens (including phenoxy) is 2. The molecule has 2 aromatic heterocycles. The number of aromatic nitrogens is 4. The van der Waals surface area contributed by atoms with E-state index in [1.54, 1.807) is 26.0 Å². The minimum atomic E-state index is -0.658. The largest absolute Gasteiger partial charge is 0.463 e. The third kappa shape index (κ3) is 5.49. The Balaban J connectivity index is 1.45. The van der Waals surface area contributed by atoms with Gasteiger partial charge in [0, 0.05) is 16.1 Å². The molecular formula is C24H22ClN5O5. The maximum atomic E-state index is 12.6. The van der Waals surface area contributed by atoms with Gasteiger partial charge in [-0.3, -0.25) is 5.32 Å². The Labute approximate surface area is 205 Å². The zero-order chi connectivity index (χ0) is 24.9. The minimum Gasteiger partial charge on any atom is -0.463 e. The van der Waals surface area contributed by atoms with E-state index in [9.17, 15) is 9.59 Å². The van der Waals surface area contributed by atoms with Crippen molar-refractivity contribution in [3.05, 3.63) is 82.5 Å². The van der Waals surface area contributed by atoms with Gasteiger partial charge >= 0.3 is 12.1 Å². The van der Waals surface area contributed by atoms with Crippen molar-refractivity contribution in [3.8, 4) is 11.3 Å². The fraction of sp³-hybridized carbons (Fsp3) is 0.208. The van der Waals surface area contributed by atoms with Crippen molar-refractivity contribution >= 4 is 29.4 Å². The summed E-state index contributed by atoms with van der Waals surface area (Å²) >= 11 is 6.20. The Morgan fingerprint density at radius 2 is 1.91 bits per heavy atom.